The number of rotatable bonds is 6. The minimum absolute atomic E-state index is 0.137. The summed E-state index contributed by atoms with van der Waals surface area (Å²) in [5.41, 5.74) is 2.83. The lowest BCUT2D eigenvalue weighted by Crippen LogP contribution is -2.34. The first-order valence-corrected chi connectivity index (χ1v) is 12.3. The molecule has 0 saturated carbocycles. The quantitative estimate of drug-likeness (QED) is 0.624. The van der Waals surface area contributed by atoms with Gasteiger partial charge in [-0.25, -0.2) is 0 Å². The average Bonchev–Trinajstić information content (AvgIpc) is 3.15. The molecule has 0 aliphatic carbocycles. The summed E-state index contributed by atoms with van der Waals surface area (Å²) < 4.78 is 0.917. The number of thioether (sulfide) groups is 1. The topological polar surface area (TPSA) is 52.7 Å². The Balaban J connectivity index is 1.31. The van der Waals surface area contributed by atoms with Crippen LogP contribution in [0, 0.1) is 5.92 Å². The Kier molecular flexibility index (Phi) is 7.12. The van der Waals surface area contributed by atoms with Crippen LogP contribution in [0.2, 0.25) is 0 Å². The fourth-order valence-corrected chi connectivity index (χ4v) is 5.29. The number of carbonyl (C=O) groups excluding carboxylic acids is 2. The van der Waals surface area contributed by atoms with Crippen molar-refractivity contribution in [3.05, 3.63) is 58.6 Å². The van der Waals surface area contributed by atoms with E-state index < -0.39 is 5.92 Å². The zero-order valence-electron chi connectivity index (χ0n) is 16.9. The van der Waals surface area contributed by atoms with E-state index in [4.69, 9.17) is 0 Å². The highest BCUT2D eigenvalue weighted by Gasteiger charge is 2.37. The van der Waals surface area contributed by atoms with E-state index in [1.165, 1.54) is 30.2 Å². The number of amides is 2. The van der Waals surface area contributed by atoms with Gasteiger partial charge in [0.2, 0.25) is 11.8 Å². The van der Waals surface area contributed by atoms with Crippen LogP contribution in [0.4, 0.5) is 11.4 Å². The van der Waals surface area contributed by atoms with E-state index in [1.54, 1.807) is 4.90 Å². The van der Waals surface area contributed by atoms with Crippen LogP contribution in [0.3, 0.4) is 0 Å². The molecule has 2 heterocycles. The van der Waals surface area contributed by atoms with Gasteiger partial charge in [-0.1, -0.05) is 34.1 Å². The van der Waals surface area contributed by atoms with Crippen LogP contribution in [0.15, 0.2) is 53.0 Å². The number of hydrogen-bond donors (Lipinski definition) is 1. The lowest BCUT2D eigenvalue weighted by atomic mass is 10.1. The maximum atomic E-state index is 12.8. The number of benzene rings is 2. The summed E-state index contributed by atoms with van der Waals surface area (Å²) in [6, 6.07) is 15.6. The van der Waals surface area contributed by atoms with Crippen molar-refractivity contribution in [3.63, 3.8) is 0 Å². The summed E-state index contributed by atoms with van der Waals surface area (Å²) in [5.74, 6) is 1.45. The van der Waals surface area contributed by atoms with E-state index >= 15 is 0 Å². The van der Waals surface area contributed by atoms with Gasteiger partial charge in [-0.05, 0) is 48.7 Å². The first-order valence-electron chi connectivity index (χ1n) is 10.4. The molecule has 2 fully saturated rings. The second-order valence-corrected chi connectivity index (χ2v) is 9.84. The van der Waals surface area contributed by atoms with Crippen molar-refractivity contribution in [2.24, 2.45) is 5.92 Å². The Morgan fingerprint density at radius 2 is 1.87 bits per heavy atom. The number of carbonyl (C=O) groups is 2. The molecule has 2 aromatic rings. The molecule has 1 unspecified atom stereocenters. The second kappa shape index (κ2) is 9.98. The van der Waals surface area contributed by atoms with Gasteiger partial charge in [-0.3, -0.25) is 9.59 Å². The van der Waals surface area contributed by atoms with Crippen LogP contribution in [0.1, 0.15) is 12.0 Å². The van der Waals surface area contributed by atoms with Gasteiger partial charge in [0.1, 0.15) is 5.92 Å². The van der Waals surface area contributed by atoms with Gasteiger partial charge in [0.25, 0.3) is 0 Å². The van der Waals surface area contributed by atoms with E-state index in [-0.39, 0.29) is 11.8 Å². The normalized spacial score (nSPS) is 19.8. The number of hydrogen-bond acceptors (Lipinski definition) is 4. The van der Waals surface area contributed by atoms with Gasteiger partial charge >= 0.3 is 0 Å². The fourth-order valence-electron chi connectivity index (χ4n) is 3.92. The minimum Gasteiger partial charge on any atom is -0.325 e. The van der Waals surface area contributed by atoms with Gasteiger partial charge in [0, 0.05) is 53.5 Å². The molecular formula is C23H26BrN3O2S. The smallest absolute Gasteiger partial charge is 0.239 e. The Labute approximate surface area is 190 Å². The van der Waals surface area contributed by atoms with Gasteiger partial charge < -0.3 is 15.1 Å². The number of anilines is 2. The van der Waals surface area contributed by atoms with Crippen LogP contribution in [0.25, 0.3) is 0 Å². The predicted molar refractivity (Wildman–Crippen MR) is 127 cm³/mol. The molecule has 1 atom stereocenters. The highest BCUT2D eigenvalue weighted by Crippen LogP contribution is 2.28. The van der Waals surface area contributed by atoms with Crippen molar-refractivity contribution in [1.82, 2.24) is 4.90 Å². The van der Waals surface area contributed by atoms with Crippen LogP contribution < -0.4 is 10.2 Å². The lowest BCUT2D eigenvalue weighted by molar-refractivity contribution is -0.129. The zero-order chi connectivity index (χ0) is 20.9. The molecule has 2 amide bonds. The SMILES string of the molecule is O=C(Nc1ccc(CCN2CCSCC2)cc1)C1CCN(c2cccc(Br)c2)C1=O. The third kappa shape index (κ3) is 5.25. The van der Waals surface area contributed by atoms with E-state index in [2.05, 4.69) is 38.3 Å². The van der Waals surface area contributed by atoms with Crippen molar-refractivity contribution in [2.45, 2.75) is 12.8 Å². The van der Waals surface area contributed by atoms with Gasteiger partial charge in [-0.2, -0.15) is 11.8 Å². The third-order valence-electron chi connectivity index (χ3n) is 5.68. The molecular weight excluding hydrogens is 462 g/mol. The van der Waals surface area contributed by atoms with E-state index in [1.807, 2.05) is 48.2 Å². The molecule has 0 radical (unpaired) electrons. The minimum atomic E-state index is -0.638. The van der Waals surface area contributed by atoms with Gasteiger partial charge in [-0.15, -0.1) is 0 Å². The largest absolute Gasteiger partial charge is 0.325 e. The number of nitrogens with one attached hydrogen (secondary N) is 1. The lowest BCUT2D eigenvalue weighted by Gasteiger charge is -2.26. The van der Waals surface area contributed by atoms with Crippen molar-refractivity contribution >= 4 is 50.9 Å². The summed E-state index contributed by atoms with van der Waals surface area (Å²) in [6.45, 7) is 3.98. The maximum Gasteiger partial charge on any atom is 0.239 e. The molecule has 2 aliphatic heterocycles. The Morgan fingerprint density at radius 1 is 1.10 bits per heavy atom. The van der Waals surface area contributed by atoms with Crippen molar-refractivity contribution in [1.29, 1.82) is 0 Å². The Hall–Kier alpha value is -1.83. The number of nitrogens with zero attached hydrogens (tertiary/aromatic N) is 2. The molecule has 2 aliphatic rings. The molecule has 0 spiro atoms. The van der Waals surface area contributed by atoms with E-state index in [9.17, 15) is 9.59 Å². The van der Waals surface area contributed by atoms with Crippen LogP contribution in [0.5, 0.6) is 0 Å². The Morgan fingerprint density at radius 3 is 2.60 bits per heavy atom. The second-order valence-electron chi connectivity index (χ2n) is 7.70. The van der Waals surface area contributed by atoms with E-state index in [0.717, 1.165) is 28.8 Å². The van der Waals surface area contributed by atoms with Gasteiger partial charge in [0.05, 0.1) is 0 Å². The van der Waals surface area contributed by atoms with Gasteiger partial charge in [0.15, 0.2) is 0 Å². The van der Waals surface area contributed by atoms with Crippen molar-refractivity contribution in [2.75, 3.05) is 47.9 Å². The standard InChI is InChI=1S/C23H26BrN3O2S/c24-18-2-1-3-20(16-18)27-11-9-21(23(27)29)22(28)25-19-6-4-17(5-7-19)8-10-26-12-14-30-15-13-26/h1-7,16,21H,8-15H2,(H,25,28). The molecule has 0 bridgehead atoms. The highest BCUT2D eigenvalue weighted by molar-refractivity contribution is 9.10. The molecule has 2 aromatic carbocycles. The molecule has 4 rings (SSSR count). The Bertz CT molecular complexity index is 900. The maximum absolute atomic E-state index is 12.8. The van der Waals surface area contributed by atoms with Crippen LogP contribution >= 0.6 is 27.7 Å². The fraction of sp³-hybridized carbons (Fsp3) is 0.391. The molecule has 158 valence electrons. The summed E-state index contributed by atoms with van der Waals surface area (Å²) in [7, 11) is 0. The predicted octanol–water partition coefficient (Wildman–Crippen LogP) is 4.03. The molecule has 30 heavy (non-hydrogen) atoms. The molecule has 5 nitrogen and oxygen atoms in total. The first-order chi connectivity index (χ1) is 14.6. The summed E-state index contributed by atoms with van der Waals surface area (Å²) >= 11 is 5.46. The molecule has 7 heteroatoms. The summed E-state index contributed by atoms with van der Waals surface area (Å²) in [6.07, 6.45) is 1.55. The number of halogens is 1. The van der Waals surface area contributed by atoms with E-state index in [0.29, 0.717) is 13.0 Å². The monoisotopic (exact) mass is 487 g/mol. The first kappa shape index (κ1) is 21.4. The molecule has 0 aromatic heterocycles. The van der Waals surface area contributed by atoms with Crippen molar-refractivity contribution in [3.8, 4) is 0 Å². The zero-order valence-corrected chi connectivity index (χ0v) is 19.3. The van der Waals surface area contributed by atoms with Crippen LogP contribution in [-0.2, 0) is 16.0 Å². The average molecular weight is 488 g/mol. The van der Waals surface area contributed by atoms with Crippen LogP contribution in [-0.4, -0.2) is 54.4 Å². The molecule has 2 saturated heterocycles. The van der Waals surface area contributed by atoms with Crippen molar-refractivity contribution < 1.29 is 9.59 Å². The summed E-state index contributed by atoms with van der Waals surface area (Å²) in [4.78, 5) is 29.7. The molecule has 1 N–H and O–H groups in total. The third-order valence-corrected chi connectivity index (χ3v) is 7.12. The summed E-state index contributed by atoms with van der Waals surface area (Å²) in [5, 5.41) is 2.92. The highest BCUT2D eigenvalue weighted by atomic mass is 79.9.